The first kappa shape index (κ1) is 19.6. The lowest BCUT2D eigenvalue weighted by Gasteiger charge is -2.12. The van der Waals surface area contributed by atoms with Gasteiger partial charge in [0.2, 0.25) is 5.91 Å². The van der Waals surface area contributed by atoms with Crippen molar-refractivity contribution in [3.8, 4) is 11.5 Å². The van der Waals surface area contributed by atoms with Gasteiger partial charge in [-0.05, 0) is 49.7 Å². The Bertz CT molecular complexity index is 791. The molecule has 0 saturated carbocycles. The van der Waals surface area contributed by atoms with Crippen LogP contribution in [0.3, 0.4) is 0 Å². The highest BCUT2D eigenvalue weighted by Gasteiger charge is 2.12. The Morgan fingerprint density at radius 1 is 1.15 bits per heavy atom. The molecule has 0 fully saturated rings. The third kappa shape index (κ3) is 5.13. The second-order valence-electron chi connectivity index (χ2n) is 5.49. The molecule has 6 nitrogen and oxygen atoms in total. The van der Waals surface area contributed by atoms with Crippen LogP contribution in [0.4, 0.5) is 5.69 Å². The summed E-state index contributed by atoms with van der Waals surface area (Å²) in [6, 6.07) is 10.0. The first-order valence-corrected chi connectivity index (χ1v) is 8.47. The summed E-state index contributed by atoms with van der Waals surface area (Å²) in [6.45, 7) is 4.09. The lowest BCUT2D eigenvalue weighted by Crippen LogP contribution is -2.32. The van der Waals surface area contributed by atoms with E-state index in [4.69, 9.17) is 21.1 Å². The molecular formula is C19H21ClN2O4. The normalized spacial score (nSPS) is 10.2. The monoisotopic (exact) mass is 376 g/mol. The van der Waals surface area contributed by atoms with E-state index in [-0.39, 0.29) is 18.4 Å². The van der Waals surface area contributed by atoms with Gasteiger partial charge >= 0.3 is 0 Å². The van der Waals surface area contributed by atoms with E-state index >= 15 is 0 Å². The zero-order chi connectivity index (χ0) is 19.1. The average molecular weight is 377 g/mol. The number of ether oxygens (including phenoxy) is 2. The molecule has 0 aromatic heterocycles. The molecule has 0 unspecified atom stereocenters. The SMILES string of the molecule is CCOc1ccc(C(=O)NCC(=O)Nc2cc(C)c(Cl)cc2OC)cc1. The Kier molecular flexibility index (Phi) is 6.86. The summed E-state index contributed by atoms with van der Waals surface area (Å²) in [5, 5.41) is 5.83. The molecule has 7 heteroatoms. The van der Waals surface area contributed by atoms with Gasteiger partial charge in [-0.15, -0.1) is 0 Å². The number of nitrogens with one attached hydrogen (secondary N) is 2. The molecule has 0 aliphatic carbocycles. The molecule has 2 rings (SSSR count). The summed E-state index contributed by atoms with van der Waals surface area (Å²) < 4.78 is 10.5. The zero-order valence-electron chi connectivity index (χ0n) is 14.9. The molecule has 0 saturated heterocycles. The van der Waals surface area contributed by atoms with Crippen molar-refractivity contribution in [1.82, 2.24) is 5.32 Å². The second-order valence-corrected chi connectivity index (χ2v) is 5.90. The number of amides is 2. The van der Waals surface area contributed by atoms with Crippen LogP contribution in [0.25, 0.3) is 0 Å². The lowest BCUT2D eigenvalue weighted by molar-refractivity contribution is -0.115. The number of hydrogen-bond acceptors (Lipinski definition) is 4. The van der Waals surface area contributed by atoms with Crippen LogP contribution in [-0.2, 0) is 4.79 Å². The van der Waals surface area contributed by atoms with E-state index in [9.17, 15) is 9.59 Å². The van der Waals surface area contributed by atoms with E-state index in [0.29, 0.717) is 34.4 Å². The van der Waals surface area contributed by atoms with Crippen LogP contribution in [-0.4, -0.2) is 32.1 Å². The second kappa shape index (κ2) is 9.10. The van der Waals surface area contributed by atoms with Crippen molar-refractivity contribution < 1.29 is 19.1 Å². The summed E-state index contributed by atoms with van der Waals surface area (Å²) in [5.41, 5.74) is 1.75. The van der Waals surface area contributed by atoms with Crippen LogP contribution in [0.15, 0.2) is 36.4 Å². The molecule has 0 aliphatic heterocycles. The van der Waals surface area contributed by atoms with Crippen molar-refractivity contribution in [1.29, 1.82) is 0 Å². The highest BCUT2D eigenvalue weighted by molar-refractivity contribution is 6.31. The predicted octanol–water partition coefficient (Wildman–Crippen LogP) is 3.42. The quantitative estimate of drug-likeness (QED) is 0.776. The molecule has 0 heterocycles. The molecule has 2 amide bonds. The van der Waals surface area contributed by atoms with Gasteiger partial charge in [0, 0.05) is 16.7 Å². The first-order chi connectivity index (χ1) is 12.4. The van der Waals surface area contributed by atoms with Crippen LogP contribution in [0, 0.1) is 6.92 Å². The van der Waals surface area contributed by atoms with Gasteiger partial charge in [0.05, 0.1) is 25.9 Å². The Labute approximate surface area is 157 Å². The summed E-state index contributed by atoms with van der Waals surface area (Å²) in [5.74, 6) is 0.422. The Balaban J connectivity index is 1.94. The third-order valence-electron chi connectivity index (χ3n) is 3.59. The van der Waals surface area contributed by atoms with Crippen molar-refractivity contribution in [2.24, 2.45) is 0 Å². The molecule has 0 aliphatic rings. The highest BCUT2D eigenvalue weighted by atomic mass is 35.5. The van der Waals surface area contributed by atoms with Crippen molar-refractivity contribution in [3.05, 3.63) is 52.5 Å². The average Bonchev–Trinajstić information content (AvgIpc) is 2.63. The molecule has 138 valence electrons. The van der Waals surface area contributed by atoms with Crippen LogP contribution in [0.2, 0.25) is 5.02 Å². The van der Waals surface area contributed by atoms with Gasteiger partial charge in [0.15, 0.2) is 0 Å². The number of halogens is 1. The minimum Gasteiger partial charge on any atom is -0.495 e. The molecule has 0 spiro atoms. The van der Waals surface area contributed by atoms with Crippen LogP contribution in [0.5, 0.6) is 11.5 Å². The maximum absolute atomic E-state index is 12.1. The Morgan fingerprint density at radius 2 is 1.85 bits per heavy atom. The topological polar surface area (TPSA) is 76.7 Å². The van der Waals surface area contributed by atoms with Crippen LogP contribution < -0.4 is 20.1 Å². The van der Waals surface area contributed by atoms with Gasteiger partial charge in [-0.2, -0.15) is 0 Å². The molecule has 2 N–H and O–H groups in total. The fourth-order valence-corrected chi connectivity index (χ4v) is 2.41. The predicted molar refractivity (Wildman–Crippen MR) is 101 cm³/mol. The molecular weight excluding hydrogens is 356 g/mol. The Hall–Kier alpha value is -2.73. The minimum atomic E-state index is -0.371. The maximum Gasteiger partial charge on any atom is 0.251 e. The fraction of sp³-hybridized carbons (Fsp3) is 0.263. The highest BCUT2D eigenvalue weighted by Crippen LogP contribution is 2.30. The van der Waals surface area contributed by atoms with Gasteiger partial charge in [-0.3, -0.25) is 9.59 Å². The van der Waals surface area contributed by atoms with E-state index in [2.05, 4.69) is 10.6 Å². The number of aryl methyl sites for hydroxylation is 1. The van der Waals surface area contributed by atoms with Gasteiger partial charge in [-0.1, -0.05) is 11.6 Å². The molecule has 0 radical (unpaired) electrons. The number of hydrogen-bond donors (Lipinski definition) is 2. The van der Waals surface area contributed by atoms with Gasteiger partial charge in [0.1, 0.15) is 11.5 Å². The third-order valence-corrected chi connectivity index (χ3v) is 4.00. The van der Waals surface area contributed by atoms with E-state index in [1.165, 1.54) is 7.11 Å². The summed E-state index contributed by atoms with van der Waals surface area (Å²) in [6.07, 6.45) is 0. The first-order valence-electron chi connectivity index (χ1n) is 8.09. The number of methoxy groups -OCH3 is 1. The summed E-state index contributed by atoms with van der Waals surface area (Å²) in [7, 11) is 1.49. The van der Waals surface area contributed by atoms with Gasteiger partial charge < -0.3 is 20.1 Å². The maximum atomic E-state index is 12.1. The van der Waals surface area contributed by atoms with Gasteiger partial charge in [-0.25, -0.2) is 0 Å². The molecule has 2 aromatic rings. The van der Waals surface area contributed by atoms with Crippen LogP contribution >= 0.6 is 11.6 Å². The molecule has 0 bridgehead atoms. The number of benzene rings is 2. The van der Waals surface area contributed by atoms with E-state index in [1.807, 2.05) is 13.8 Å². The number of carbonyl (C=O) groups is 2. The van der Waals surface area contributed by atoms with Gasteiger partial charge in [0.25, 0.3) is 5.91 Å². The largest absolute Gasteiger partial charge is 0.495 e. The zero-order valence-corrected chi connectivity index (χ0v) is 15.6. The van der Waals surface area contributed by atoms with Crippen molar-refractivity contribution in [2.75, 3.05) is 25.6 Å². The van der Waals surface area contributed by atoms with Crippen molar-refractivity contribution >= 4 is 29.1 Å². The molecule has 2 aromatic carbocycles. The van der Waals surface area contributed by atoms with E-state index in [1.54, 1.807) is 36.4 Å². The minimum absolute atomic E-state index is 0.170. The van der Waals surface area contributed by atoms with Crippen LogP contribution in [0.1, 0.15) is 22.8 Å². The smallest absolute Gasteiger partial charge is 0.251 e. The van der Waals surface area contributed by atoms with Crippen molar-refractivity contribution in [2.45, 2.75) is 13.8 Å². The Morgan fingerprint density at radius 3 is 2.46 bits per heavy atom. The summed E-state index contributed by atoms with van der Waals surface area (Å²) >= 11 is 6.04. The lowest BCUT2D eigenvalue weighted by atomic mass is 10.2. The fourth-order valence-electron chi connectivity index (χ4n) is 2.26. The standard InChI is InChI=1S/C19H21ClN2O4/c1-4-26-14-7-5-13(6-8-14)19(24)21-11-18(23)22-16-9-12(2)15(20)10-17(16)25-3/h5-10H,4,11H2,1-3H3,(H,21,24)(H,22,23). The number of anilines is 1. The molecule has 26 heavy (non-hydrogen) atoms. The number of carbonyl (C=O) groups excluding carboxylic acids is 2. The van der Waals surface area contributed by atoms with Crippen molar-refractivity contribution in [3.63, 3.8) is 0 Å². The summed E-state index contributed by atoms with van der Waals surface area (Å²) in [4.78, 5) is 24.2. The van der Waals surface area contributed by atoms with E-state index < -0.39 is 0 Å². The number of rotatable bonds is 7. The molecule has 0 atom stereocenters. The van der Waals surface area contributed by atoms with E-state index in [0.717, 1.165) is 5.56 Å².